The lowest BCUT2D eigenvalue weighted by Crippen LogP contribution is -2.30. The Morgan fingerprint density at radius 2 is 0.540 bits per heavy atom. The number of ether oxygens (including phenoxy) is 4. The van der Waals surface area contributed by atoms with Gasteiger partial charge in [0.2, 0.25) is 0 Å². The van der Waals surface area contributed by atoms with Gasteiger partial charge < -0.3 is 33.8 Å². The molecule has 0 aliphatic heterocycles. The number of hydrogen-bond donors (Lipinski definition) is 3. The fourth-order valence-electron chi connectivity index (χ4n) is 11.1. The molecule has 0 spiro atoms. The summed E-state index contributed by atoms with van der Waals surface area (Å²) >= 11 is 0. The van der Waals surface area contributed by atoms with E-state index in [2.05, 4.69) is 101 Å². The van der Waals surface area contributed by atoms with Crippen LogP contribution in [0, 0.1) is 0 Å². The number of aliphatic hydroxyl groups is 1. The second-order valence-electron chi connectivity index (χ2n) is 27.0. The van der Waals surface area contributed by atoms with Crippen LogP contribution in [0.1, 0.15) is 362 Å². The number of hydrogen-bond acceptors (Lipinski definition) is 15. The van der Waals surface area contributed by atoms with E-state index < -0.39 is 97.5 Å². The highest BCUT2D eigenvalue weighted by molar-refractivity contribution is 7.47. The first-order chi connectivity index (χ1) is 48.7. The molecule has 3 N–H and O–H groups in total. The van der Waals surface area contributed by atoms with Crippen molar-refractivity contribution >= 4 is 39.5 Å². The molecule has 0 fully saturated rings. The second-order valence-corrected chi connectivity index (χ2v) is 29.9. The molecular formula is C81H146O17P2. The highest BCUT2D eigenvalue weighted by Crippen LogP contribution is 2.45. The summed E-state index contributed by atoms with van der Waals surface area (Å²) in [6.07, 6.45) is 74.5. The van der Waals surface area contributed by atoms with Crippen molar-refractivity contribution in [2.24, 2.45) is 0 Å². The lowest BCUT2D eigenvalue weighted by atomic mass is 10.0. The third-order valence-corrected chi connectivity index (χ3v) is 19.1. The summed E-state index contributed by atoms with van der Waals surface area (Å²) in [4.78, 5) is 73.0. The summed E-state index contributed by atoms with van der Waals surface area (Å²) in [6, 6.07) is 0. The van der Waals surface area contributed by atoms with Crippen LogP contribution in [0.5, 0.6) is 0 Å². The molecule has 0 saturated carbocycles. The zero-order valence-electron chi connectivity index (χ0n) is 63.6. The summed E-state index contributed by atoms with van der Waals surface area (Å²) in [5.74, 6) is -2.18. The summed E-state index contributed by atoms with van der Waals surface area (Å²) in [6.45, 7) is 4.73. The predicted octanol–water partition coefficient (Wildman–Crippen LogP) is 23.2. The minimum Gasteiger partial charge on any atom is -0.462 e. The van der Waals surface area contributed by atoms with Crippen molar-refractivity contribution in [2.75, 3.05) is 39.6 Å². The van der Waals surface area contributed by atoms with Crippen molar-refractivity contribution < 1.29 is 80.2 Å². The molecule has 0 aromatic carbocycles. The monoisotopic (exact) mass is 1450 g/mol. The van der Waals surface area contributed by atoms with Crippen LogP contribution in [0.2, 0.25) is 0 Å². The maximum atomic E-state index is 13.1. The van der Waals surface area contributed by atoms with Gasteiger partial charge in [0.15, 0.2) is 12.2 Å². The Hall–Kier alpha value is -3.50. The molecule has 0 amide bonds. The van der Waals surface area contributed by atoms with Gasteiger partial charge in [0.1, 0.15) is 19.3 Å². The van der Waals surface area contributed by atoms with E-state index in [1.165, 1.54) is 135 Å². The Labute approximate surface area is 609 Å². The lowest BCUT2D eigenvalue weighted by molar-refractivity contribution is -0.161. The third-order valence-electron chi connectivity index (χ3n) is 17.2. The number of unbranched alkanes of at least 4 members (excludes halogenated alkanes) is 38. The molecule has 582 valence electrons. The normalized spacial score (nSPS) is 14.3. The average Bonchev–Trinajstić information content (AvgIpc) is 0.965. The standard InChI is InChI=1S/C81H146O17P2/c1-5-9-13-17-21-25-29-33-36-37-40-43-46-50-54-58-62-66-79(84)92-71-76(97-80(85)67-63-59-55-51-47-41-32-28-24-20-16-12-8-4)73-95-99(87,88)93-69-75(82)70-94-100(89,90)96-74-77(98-81(86)68-64-60-56-52-48-44-39-35-31-27-23-19-15-11-7-3)72-91-78(83)65-61-57-53-49-45-42-38-34-30-26-22-18-14-10-6-2/h9,13,16,20-21,25,28,32-33,36,40,43,75-77,82H,5-8,10-12,14-15,17-19,22-24,26-27,29-31,34-35,37-39,41-42,44-74H2,1-4H3,(H,87,88)(H,89,90)/b13-9-,20-16-,25-21-,32-28-,36-33-,43-40-. The van der Waals surface area contributed by atoms with Crippen LogP contribution in [-0.2, 0) is 65.4 Å². The van der Waals surface area contributed by atoms with Gasteiger partial charge in [-0.15, -0.1) is 0 Å². The molecule has 0 heterocycles. The van der Waals surface area contributed by atoms with E-state index in [4.69, 9.17) is 37.0 Å². The Bertz CT molecular complexity index is 2180. The van der Waals surface area contributed by atoms with Crippen LogP contribution in [0.15, 0.2) is 72.9 Å². The van der Waals surface area contributed by atoms with Crippen molar-refractivity contribution in [2.45, 2.75) is 380 Å². The van der Waals surface area contributed by atoms with Crippen LogP contribution in [0.25, 0.3) is 0 Å². The van der Waals surface area contributed by atoms with Crippen molar-refractivity contribution in [1.82, 2.24) is 0 Å². The van der Waals surface area contributed by atoms with Gasteiger partial charge in [0.05, 0.1) is 26.4 Å². The molecule has 100 heavy (non-hydrogen) atoms. The number of carbonyl (C=O) groups excluding carboxylic acids is 4. The van der Waals surface area contributed by atoms with E-state index in [9.17, 15) is 43.2 Å². The van der Waals surface area contributed by atoms with E-state index in [1.54, 1.807) is 0 Å². The maximum absolute atomic E-state index is 13.1. The molecule has 5 unspecified atom stereocenters. The van der Waals surface area contributed by atoms with Crippen LogP contribution in [0.3, 0.4) is 0 Å². The first-order valence-corrected chi connectivity index (χ1v) is 43.2. The van der Waals surface area contributed by atoms with Crippen LogP contribution in [-0.4, -0.2) is 96.7 Å². The molecule has 0 radical (unpaired) electrons. The minimum atomic E-state index is -4.98. The first kappa shape index (κ1) is 96.5. The highest BCUT2D eigenvalue weighted by Gasteiger charge is 2.30. The van der Waals surface area contributed by atoms with Gasteiger partial charge in [-0.05, 0) is 89.9 Å². The predicted molar refractivity (Wildman–Crippen MR) is 409 cm³/mol. The molecule has 0 rings (SSSR count). The number of esters is 4. The quantitative estimate of drug-likeness (QED) is 0.0169. The van der Waals surface area contributed by atoms with Gasteiger partial charge in [-0.1, -0.05) is 319 Å². The number of phosphoric ester groups is 2. The Morgan fingerprint density at radius 1 is 0.290 bits per heavy atom. The minimum absolute atomic E-state index is 0.0751. The van der Waals surface area contributed by atoms with Crippen molar-refractivity contribution in [3.8, 4) is 0 Å². The van der Waals surface area contributed by atoms with E-state index in [0.717, 1.165) is 148 Å². The smallest absolute Gasteiger partial charge is 0.462 e. The topological polar surface area (TPSA) is 237 Å². The Morgan fingerprint density at radius 3 is 0.840 bits per heavy atom. The lowest BCUT2D eigenvalue weighted by Gasteiger charge is -2.21. The van der Waals surface area contributed by atoms with Gasteiger partial charge in [0.25, 0.3) is 0 Å². The Kier molecular flexibility index (Phi) is 71.2. The molecule has 0 aliphatic carbocycles. The fraction of sp³-hybridized carbons (Fsp3) is 0.802. The molecule has 0 saturated heterocycles. The number of carbonyl (C=O) groups is 4. The molecule has 17 nitrogen and oxygen atoms in total. The summed E-state index contributed by atoms with van der Waals surface area (Å²) in [7, 11) is -9.95. The van der Waals surface area contributed by atoms with Gasteiger partial charge in [-0.2, -0.15) is 0 Å². The number of aliphatic hydroxyl groups excluding tert-OH is 1. The molecular weight excluding hydrogens is 1310 g/mol. The SMILES string of the molecule is CC/C=C\C/C=C\C/C=C\C/C=C\CCCCCCC(=O)OCC(COP(=O)(O)OCC(O)COP(=O)(O)OCC(COC(=O)CCCCCCCCCCCCCCCCC)OC(=O)CCCCCCCCCCCCCCCCC)OC(=O)CCCCCCC/C=C\C/C=C\CCC. The van der Waals surface area contributed by atoms with Gasteiger partial charge >= 0.3 is 39.5 Å². The average molecular weight is 1450 g/mol. The van der Waals surface area contributed by atoms with Crippen LogP contribution in [0.4, 0.5) is 0 Å². The first-order valence-electron chi connectivity index (χ1n) is 40.2. The van der Waals surface area contributed by atoms with E-state index in [-0.39, 0.29) is 25.7 Å². The second kappa shape index (κ2) is 73.8. The van der Waals surface area contributed by atoms with Crippen molar-refractivity contribution in [3.63, 3.8) is 0 Å². The molecule has 0 bridgehead atoms. The number of phosphoric acid groups is 2. The van der Waals surface area contributed by atoms with E-state index in [0.29, 0.717) is 25.7 Å². The molecule has 0 aromatic heterocycles. The van der Waals surface area contributed by atoms with Crippen LogP contribution >= 0.6 is 15.6 Å². The zero-order chi connectivity index (χ0) is 73.2. The van der Waals surface area contributed by atoms with Crippen LogP contribution < -0.4 is 0 Å². The maximum Gasteiger partial charge on any atom is 0.472 e. The molecule has 0 aliphatic rings. The largest absolute Gasteiger partial charge is 0.472 e. The van der Waals surface area contributed by atoms with Gasteiger partial charge in [0, 0.05) is 25.7 Å². The molecule has 0 aromatic rings. The summed E-state index contributed by atoms with van der Waals surface area (Å²) in [5, 5.41) is 10.6. The number of allylic oxidation sites excluding steroid dienone is 12. The number of rotatable bonds is 76. The van der Waals surface area contributed by atoms with E-state index >= 15 is 0 Å². The summed E-state index contributed by atoms with van der Waals surface area (Å²) < 4.78 is 68.6. The summed E-state index contributed by atoms with van der Waals surface area (Å²) in [5.41, 5.74) is 0. The molecule has 19 heteroatoms. The van der Waals surface area contributed by atoms with Gasteiger partial charge in [-0.3, -0.25) is 37.3 Å². The third kappa shape index (κ3) is 72.8. The fourth-order valence-corrected chi connectivity index (χ4v) is 12.7. The zero-order valence-corrected chi connectivity index (χ0v) is 65.4. The van der Waals surface area contributed by atoms with Crippen molar-refractivity contribution in [1.29, 1.82) is 0 Å². The van der Waals surface area contributed by atoms with Gasteiger partial charge in [-0.25, -0.2) is 9.13 Å². The molecule has 5 atom stereocenters. The van der Waals surface area contributed by atoms with Crippen molar-refractivity contribution in [3.05, 3.63) is 72.9 Å². The Balaban J connectivity index is 5.33. The van der Waals surface area contributed by atoms with E-state index in [1.807, 2.05) is 0 Å². The highest BCUT2D eigenvalue weighted by atomic mass is 31.2.